The van der Waals surface area contributed by atoms with E-state index in [1.54, 1.807) is 37.2 Å². The van der Waals surface area contributed by atoms with Gasteiger partial charge in [0, 0.05) is 6.54 Å². The molecule has 5 heteroatoms. The van der Waals surface area contributed by atoms with Crippen LogP contribution in [-0.2, 0) is 9.84 Å². The summed E-state index contributed by atoms with van der Waals surface area (Å²) in [6.45, 7) is 0.344. The van der Waals surface area contributed by atoms with E-state index < -0.39 is 9.84 Å². The highest BCUT2D eigenvalue weighted by Gasteiger charge is 2.32. The summed E-state index contributed by atoms with van der Waals surface area (Å²) in [5.74, 6) is -0.178. The summed E-state index contributed by atoms with van der Waals surface area (Å²) in [5.41, 5.74) is 0.567. The summed E-state index contributed by atoms with van der Waals surface area (Å²) in [6.07, 6.45) is 1.62. The molecule has 1 aliphatic heterocycles. The molecule has 0 saturated heterocycles. The minimum absolute atomic E-state index is 0.0341. The molecule has 0 atom stereocenters. The van der Waals surface area contributed by atoms with Crippen molar-refractivity contribution in [2.75, 3.05) is 20.6 Å². The minimum atomic E-state index is -3.50. The summed E-state index contributed by atoms with van der Waals surface area (Å²) in [7, 11) is 0.107. The van der Waals surface area contributed by atoms with Crippen LogP contribution in [0.1, 0.15) is 5.56 Å². The van der Waals surface area contributed by atoms with Gasteiger partial charge in [0.05, 0.1) is 4.91 Å². The molecule has 4 nitrogen and oxygen atoms in total. The van der Waals surface area contributed by atoms with Gasteiger partial charge >= 0.3 is 0 Å². The van der Waals surface area contributed by atoms with E-state index in [-0.39, 0.29) is 10.6 Å². The molecule has 1 aliphatic rings. The van der Waals surface area contributed by atoms with Crippen LogP contribution in [0, 0.1) is 0 Å². The van der Waals surface area contributed by atoms with Crippen molar-refractivity contribution >= 4 is 15.9 Å². The molecule has 0 bridgehead atoms. The number of phenols is 1. The lowest BCUT2D eigenvalue weighted by Gasteiger charge is -2.10. The third-order valence-corrected chi connectivity index (χ3v) is 4.35. The molecule has 1 aromatic carbocycles. The number of hydrogen-bond acceptors (Lipinski definition) is 4. The van der Waals surface area contributed by atoms with Crippen LogP contribution in [-0.4, -0.2) is 39.1 Å². The Hall–Kier alpha value is -1.33. The van der Waals surface area contributed by atoms with Crippen molar-refractivity contribution in [1.82, 2.24) is 4.90 Å². The van der Waals surface area contributed by atoms with Crippen molar-refractivity contribution in [3.05, 3.63) is 28.7 Å². The van der Waals surface area contributed by atoms with Gasteiger partial charge < -0.3 is 10.0 Å². The van der Waals surface area contributed by atoms with E-state index >= 15 is 0 Å². The van der Waals surface area contributed by atoms with Crippen molar-refractivity contribution in [3.8, 4) is 5.75 Å². The van der Waals surface area contributed by atoms with Gasteiger partial charge in [-0.1, -0.05) is 12.1 Å². The van der Waals surface area contributed by atoms with Gasteiger partial charge in [-0.15, -0.1) is 0 Å². The second-order valence-corrected chi connectivity index (χ2v) is 5.99. The van der Waals surface area contributed by atoms with Gasteiger partial charge in [-0.2, -0.15) is 0 Å². The molecule has 0 amide bonds. The summed E-state index contributed by atoms with van der Waals surface area (Å²) in [6, 6.07) is 4.72. The number of likely N-dealkylation sites (N-methyl/N-ethyl adjacent to an activating group) is 1. The Morgan fingerprint density at radius 2 is 2.00 bits per heavy atom. The fourth-order valence-corrected chi connectivity index (χ4v) is 3.53. The molecule has 2 rings (SSSR count). The third-order valence-electron chi connectivity index (χ3n) is 2.43. The lowest BCUT2D eigenvalue weighted by atomic mass is 10.2. The average molecular weight is 239 g/mol. The zero-order chi connectivity index (χ0) is 11.9. The highest BCUT2D eigenvalue weighted by molar-refractivity contribution is 7.96. The second-order valence-electron chi connectivity index (χ2n) is 4.05. The van der Waals surface area contributed by atoms with Gasteiger partial charge in [-0.3, -0.25) is 0 Å². The zero-order valence-corrected chi connectivity index (χ0v) is 9.95. The van der Waals surface area contributed by atoms with Crippen LogP contribution >= 0.6 is 0 Å². The maximum absolute atomic E-state index is 12.1. The van der Waals surface area contributed by atoms with Crippen molar-refractivity contribution < 1.29 is 13.5 Å². The van der Waals surface area contributed by atoms with Crippen LogP contribution in [0.3, 0.4) is 0 Å². The Morgan fingerprint density at radius 3 is 2.56 bits per heavy atom. The van der Waals surface area contributed by atoms with Crippen molar-refractivity contribution in [2.45, 2.75) is 4.90 Å². The number of rotatable bonds is 2. The fourth-order valence-electron chi connectivity index (χ4n) is 1.77. The predicted molar refractivity (Wildman–Crippen MR) is 61.8 cm³/mol. The lowest BCUT2D eigenvalue weighted by molar-refractivity contribution is 0.449. The SMILES string of the molecule is CN(C)CC1=Cc2cccc(O)c2S1(=O)=O. The first-order valence-electron chi connectivity index (χ1n) is 4.85. The Morgan fingerprint density at radius 1 is 1.31 bits per heavy atom. The monoisotopic (exact) mass is 239 g/mol. The number of hydrogen-bond donors (Lipinski definition) is 1. The molecule has 0 fully saturated rings. The quantitative estimate of drug-likeness (QED) is 0.839. The largest absolute Gasteiger partial charge is 0.507 e. The van der Waals surface area contributed by atoms with Crippen LogP contribution in [0.4, 0.5) is 0 Å². The molecule has 0 saturated carbocycles. The Bertz CT molecular complexity index is 559. The van der Waals surface area contributed by atoms with Gasteiger partial charge in [-0.25, -0.2) is 8.42 Å². The first-order chi connectivity index (χ1) is 7.43. The van der Waals surface area contributed by atoms with E-state index in [2.05, 4.69) is 0 Å². The average Bonchev–Trinajstić information content (AvgIpc) is 2.38. The fraction of sp³-hybridized carbons (Fsp3) is 0.273. The van der Waals surface area contributed by atoms with Crippen LogP contribution in [0.15, 0.2) is 28.0 Å². The molecule has 0 aliphatic carbocycles. The topological polar surface area (TPSA) is 57.6 Å². The first-order valence-corrected chi connectivity index (χ1v) is 6.33. The summed E-state index contributed by atoms with van der Waals surface area (Å²) < 4.78 is 24.2. The molecule has 0 unspecified atom stereocenters. The van der Waals surface area contributed by atoms with Crippen LogP contribution < -0.4 is 0 Å². The predicted octanol–water partition coefficient (Wildman–Crippen LogP) is 1.08. The van der Waals surface area contributed by atoms with Gasteiger partial charge in [0.25, 0.3) is 0 Å². The number of aromatic hydroxyl groups is 1. The number of phenolic OH excluding ortho intramolecular Hbond substituents is 1. The molecule has 16 heavy (non-hydrogen) atoms. The molecule has 1 N–H and O–H groups in total. The van der Waals surface area contributed by atoms with Crippen molar-refractivity contribution in [1.29, 1.82) is 0 Å². The highest BCUT2D eigenvalue weighted by Crippen LogP contribution is 2.38. The first kappa shape index (κ1) is 11.2. The number of sulfone groups is 1. The van der Waals surface area contributed by atoms with Crippen molar-refractivity contribution in [3.63, 3.8) is 0 Å². The number of benzene rings is 1. The Labute approximate surface area is 94.7 Å². The van der Waals surface area contributed by atoms with E-state index in [0.717, 1.165) is 0 Å². The zero-order valence-electron chi connectivity index (χ0n) is 9.14. The summed E-state index contributed by atoms with van der Waals surface area (Å²) >= 11 is 0. The normalized spacial score (nSPS) is 17.3. The molecular weight excluding hydrogens is 226 g/mol. The minimum Gasteiger partial charge on any atom is -0.507 e. The van der Waals surface area contributed by atoms with Crippen molar-refractivity contribution in [2.24, 2.45) is 0 Å². The van der Waals surface area contributed by atoms with Crippen LogP contribution in [0.2, 0.25) is 0 Å². The second kappa shape index (κ2) is 3.61. The molecule has 1 aromatic rings. The van der Waals surface area contributed by atoms with E-state index in [0.29, 0.717) is 17.0 Å². The standard InChI is InChI=1S/C11H13NO3S/c1-12(2)7-9-6-8-4-3-5-10(13)11(8)16(9,14)15/h3-6,13H,7H2,1-2H3. The molecular formula is C11H13NO3S. The van der Waals surface area contributed by atoms with Crippen LogP contribution in [0.25, 0.3) is 6.08 Å². The van der Waals surface area contributed by atoms with Gasteiger partial charge in [0.2, 0.25) is 9.84 Å². The van der Waals surface area contributed by atoms with E-state index in [1.165, 1.54) is 6.07 Å². The lowest BCUT2D eigenvalue weighted by Crippen LogP contribution is -2.18. The third kappa shape index (κ3) is 1.62. The van der Waals surface area contributed by atoms with E-state index in [4.69, 9.17) is 0 Å². The van der Waals surface area contributed by atoms with E-state index in [1.807, 2.05) is 0 Å². The van der Waals surface area contributed by atoms with Gasteiger partial charge in [-0.05, 0) is 31.8 Å². The molecule has 0 aromatic heterocycles. The smallest absolute Gasteiger partial charge is 0.208 e. The summed E-state index contributed by atoms with van der Waals surface area (Å²) in [4.78, 5) is 2.15. The Kier molecular flexibility index (Phi) is 2.52. The van der Waals surface area contributed by atoms with Gasteiger partial charge in [0.15, 0.2) is 0 Å². The Balaban J connectivity index is 2.56. The number of fused-ring (bicyclic) bond motifs is 1. The molecule has 1 heterocycles. The number of nitrogens with zero attached hydrogens (tertiary/aromatic N) is 1. The highest BCUT2D eigenvalue weighted by atomic mass is 32.2. The van der Waals surface area contributed by atoms with Gasteiger partial charge in [0.1, 0.15) is 10.6 Å². The molecule has 86 valence electrons. The van der Waals surface area contributed by atoms with Crippen LogP contribution in [0.5, 0.6) is 5.75 Å². The van der Waals surface area contributed by atoms with E-state index in [9.17, 15) is 13.5 Å². The maximum Gasteiger partial charge on any atom is 0.208 e. The maximum atomic E-state index is 12.1. The molecule has 0 spiro atoms. The summed E-state index contributed by atoms with van der Waals surface area (Å²) in [5, 5.41) is 9.59. The molecule has 0 radical (unpaired) electrons.